The smallest absolute Gasteiger partial charge is 0.213 e. The molecular weight excluding hydrogens is 293 g/mol. The van der Waals surface area contributed by atoms with Crippen LogP contribution in [0.3, 0.4) is 0 Å². The van der Waals surface area contributed by atoms with Gasteiger partial charge in [0.15, 0.2) is 11.6 Å². The lowest BCUT2D eigenvalue weighted by atomic mass is 10.1. The highest BCUT2D eigenvalue weighted by Crippen LogP contribution is 2.25. The van der Waals surface area contributed by atoms with Gasteiger partial charge in [0.25, 0.3) is 0 Å². The molecule has 23 heavy (non-hydrogen) atoms. The van der Waals surface area contributed by atoms with Gasteiger partial charge in [0.2, 0.25) is 5.88 Å². The van der Waals surface area contributed by atoms with Crippen LogP contribution in [0, 0.1) is 5.82 Å². The predicted octanol–water partition coefficient (Wildman–Crippen LogP) is 5.33. The molecular formula is C19H24FNO2. The highest BCUT2D eigenvalue weighted by Gasteiger charge is 2.05. The molecule has 2 rings (SSSR count). The fraction of sp³-hybridized carbons (Fsp3) is 0.421. The van der Waals surface area contributed by atoms with Crippen molar-refractivity contribution in [1.82, 2.24) is 4.98 Å². The second-order valence-electron chi connectivity index (χ2n) is 5.67. The standard InChI is InChI=1S/C19H24FNO2/c1-2-3-4-5-6-7-12-23-19-11-9-16(14-21-19)15-8-10-18(22)17(20)13-15/h8-11,13-14,22H,2-7,12H2,1H3. The molecule has 1 N–H and O–H groups in total. The van der Waals surface area contributed by atoms with Crippen molar-refractivity contribution in [3.8, 4) is 22.8 Å². The minimum absolute atomic E-state index is 0.347. The number of ether oxygens (including phenoxy) is 1. The summed E-state index contributed by atoms with van der Waals surface area (Å²) in [5, 5.41) is 9.21. The van der Waals surface area contributed by atoms with Gasteiger partial charge in [-0.15, -0.1) is 0 Å². The number of hydrogen-bond acceptors (Lipinski definition) is 3. The van der Waals surface area contributed by atoms with E-state index in [1.807, 2.05) is 6.07 Å². The summed E-state index contributed by atoms with van der Waals surface area (Å²) in [5.74, 6) is -0.395. The summed E-state index contributed by atoms with van der Waals surface area (Å²) in [6.07, 6.45) is 9.01. The molecule has 0 radical (unpaired) electrons. The predicted molar refractivity (Wildman–Crippen MR) is 90.2 cm³/mol. The molecule has 4 heteroatoms. The van der Waals surface area contributed by atoms with Crippen LogP contribution in [0.4, 0.5) is 4.39 Å². The number of pyridine rings is 1. The van der Waals surface area contributed by atoms with Crippen LogP contribution in [0.5, 0.6) is 11.6 Å². The molecule has 1 aromatic heterocycles. The Morgan fingerprint density at radius 1 is 1.00 bits per heavy atom. The molecule has 0 bridgehead atoms. The Labute approximate surface area is 137 Å². The van der Waals surface area contributed by atoms with E-state index in [0.29, 0.717) is 18.1 Å². The van der Waals surface area contributed by atoms with Gasteiger partial charge >= 0.3 is 0 Å². The summed E-state index contributed by atoms with van der Waals surface area (Å²) in [6.45, 7) is 2.89. The molecule has 124 valence electrons. The summed E-state index contributed by atoms with van der Waals surface area (Å²) in [4.78, 5) is 4.25. The van der Waals surface area contributed by atoms with Crippen molar-refractivity contribution < 1.29 is 14.2 Å². The fourth-order valence-electron chi connectivity index (χ4n) is 2.38. The van der Waals surface area contributed by atoms with E-state index in [2.05, 4.69) is 11.9 Å². The lowest BCUT2D eigenvalue weighted by molar-refractivity contribution is 0.293. The van der Waals surface area contributed by atoms with Crippen LogP contribution in [0.2, 0.25) is 0 Å². The van der Waals surface area contributed by atoms with Gasteiger partial charge in [-0.3, -0.25) is 0 Å². The van der Waals surface area contributed by atoms with Gasteiger partial charge in [0, 0.05) is 17.8 Å². The Balaban J connectivity index is 1.79. The molecule has 0 unspecified atom stereocenters. The zero-order valence-corrected chi connectivity index (χ0v) is 13.6. The Morgan fingerprint density at radius 3 is 2.43 bits per heavy atom. The third-order valence-corrected chi connectivity index (χ3v) is 3.77. The maximum Gasteiger partial charge on any atom is 0.213 e. The molecule has 0 aliphatic heterocycles. The molecule has 0 spiro atoms. The lowest BCUT2D eigenvalue weighted by Gasteiger charge is -2.07. The number of rotatable bonds is 9. The molecule has 0 amide bonds. The van der Waals surface area contributed by atoms with E-state index in [1.54, 1.807) is 18.3 Å². The van der Waals surface area contributed by atoms with Crippen molar-refractivity contribution in [2.45, 2.75) is 45.4 Å². The molecule has 3 nitrogen and oxygen atoms in total. The normalized spacial score (nSPS) is 10.7. The third kappa shape index (κ3) is 5.55. The number of aromatic nitrogens is 1. The van der Waals surface area contributed by atoms with E-state index in [1.165, 1.54) is 44.2 Å². The fourth-order valence-corrected chi connectivity index (χ4v) is 2.38. The SMILES string of the molecule is CCCCCCCCOc1ccc(-c2ccc(O)c(F)c2)cn1. The van der Waals surface area contributed by atoms with Crippen molar-refractivity contribution in [2.24, 2.45) is 0 Å². The van der Waals surface area contributed by atoms with Crippen LogP contribution in [-0.4, -0.2) is 16.7 Å². The average Bonchev–Trinajstić information content (AvgIpc) is 2.57. The van der Waals surface area contributed by atoms with Gasteiger partial charge in [0.05, 0.1) is 6.61 Å². The van der Waals surface area contributed by atoms with Crippen LogP contribution >= 0.6 is 0 Å². The van der Waals surface area contributed by atoms with Gasteiger partial charge in [-0.1, -0.05) is 45.1 Å². The first-order chi connectivity index (χ1) is 11.2. The van der Waals surface area contributed by atoms with E-state index in [0.717, 1.165) is 12.0 Å². The largest absolute Gasteiger partial charge is 0.505 e. The Morgan fingerprint density at radius 2 is 1.74 bits per heavy atom. The first kappa shape index (κ1) is 17.3. The molecule has 2 aromatic rings. The molecule has 0 saturated carbocycles. The molecule has 0 fully saturated rings. The number of phenols is 1. The Hall–Kier alpha value is -2.10. The summed E-state index contributed by atoms with van der Waals surface area (Å²) in [6, 6.07) is 7.93. The van der Waals surface area contributed by atoms with Crippen molar-refractivity contribution in [1.29, 1.82) is 0 Å². The summed E-state index contributed by atoms with van der Waals surface area (Å²) >= 11 is 0. The minimum Gasteiger partial charge on any atom is -0.505 e. The van der Waals surface area contributed by atoms with Gasteiger partial charge in [-0.05, 0) is 30.2 Å². The van der Waals surface area contributed by atoms with Crippen molar-refractivity contribution >= 4 is 0 Å². The number of unbranched alkanes of at least 4 members (excludes halogenated alkanes) is 5. The molecule has 0 atom stereocenters. The van der Waals surface area contributed by atoms with Crippen molar-refractivity contribution in [3.63, 3.8) is 0 Å². The van der Waals surface area contributed by atoms with E-state index in [-0.39, 0.29) is 5.75 Å². The van der Waals surface area contributed by atoms with E-state index in [4.69, 9.17) is 4.74 Å². The molecule has 1 aromatic carbocycles. The lowest BCUT2D eigenvalue weighted by Crippen LogP contribution is -1.99. The number of benzene rings is 1. The monoisotopic (exact) mass is 317 g/mol. The first-order valence-electron chi connectivity index (χ1n) is 8.28. The van der Waals surface area contributed by atoms with Crippen molar-refractivity contribution in [3.05, 3.63) is 42.3 Å². The number of halogens is 1. The van der Waals surface area contributed by atoms with Gasteiger partial charge in [0.1, 0.15) is 0 Å². The number of nitrogens with zero attached hydrogens (tertiary/aromatic N) is 1. The molecule has 0 aliphatic carbocycles. The maximum atomic E-state index is 13.4. The van der Waals surface area contributed by atoms with Gasteiger partial charge < -0.3 is 9.84 Å². The van der Waals surface area contributed by atoms with E-state index in [9.17, 15) is 9.50 Å². The summed E-state index contributed by atoms with van der Waals surface area (Å²) < 4.78 is 19.0. The molecule has 0 saturated heterocycles. The number of hydrogen-bond donors (Lipinski definition) is 1. The number of aromatic hydroxyl groups is 1. The minimum atomic E-state index is -0.633. The zero-order chi connectivity index (χ0) is 16.5. The highest BCUT2D eigenvalue weighted by molar-refractivity contribution is 5.63. The third-order valence-electron chi connectivity index (χ3n) is 3.77. The highest BCUT2D eigenvalue weighted by atomic mass is 19.1. The van der Waals surface area contributed by atoms with Crippen LogP contribution < -0.4 is 4.74 Å². The van der Waals surface area contributed by atoms with Crippen molar-refractivity contribution in [2.75, 3.05) is 6.61 Å². The van der Waals surface area contributed by atoms with E-state index < -0.39 is 5.82 Å². The molecule has 0 aliphatic rings. The number of phenolic OH excluding ortho intramolecular Hbond substituents is 1. The Kier molecular flexibility index (Phi) is 6.85. The van der Waals surface area contributed by atoms with Crippen LogP contribution in [0.25, 0.3) is 11.1 Å². The van der Waals surface area contributed by atoms with Crippen LogP contribution in [0.15, 0.2) is 36.5 Å². The average molecular weight is 317 g/mol. The summed E-state index contributed by atoms with van der Waals surface area (Å²) in [5.41, 5.74) is 1.46. The second-order valence-corrected chi connectivity index (χ2v) is 5.67. The summed E-state index contributed by atoms with van der Waals surface area (Å²) in [7, 11) is 0. The quantitative estimate of drug-likeness (QED) is 0.635. The van der Waals surface area contributed by atoms with E-state index >= 15 is 0 Å². The van der Waals surface area contributed by atoms with Crippen LogP contribution in [-0.2, 0) is 0 Å². The first-order valence-corrected chi connectivity index (χ1v) is 8.28. The second kappa shape index (κ2) is 9.13. The molecule has 1 heterocycles. The topological polar surface area (TPSA) is 42.4 Å². The van der Waals surface area contributed by atoms with Crippen LogP contribution in [0.1, 0.15) is 45.4 Å². The zero-order valence-electron chi connectivity index (χ0n) is 13.6. The van der Waals surface area contributed by atoms with Gasteiger partial charge in [-0.25, -0.2) is 9.37 Å². The Bertz CT molecular complexity index is 599. The van der Waals surface area contributed by atoms with Gasteiger partial charge in [-0.2, -0.15) is 0 Å². The maximum absolute atomic E-state index is 13.4.